The van der Waals surface area contributed by atoms with E-state index in [1.54, 1.807) is 0 Å². The van der Waals surface area contributed by atoms with Crippen molar-refractivity contribution in [1.82, 2.24) is 9.62 Å². The molecule has 0 radical (unpaired) electrons. The minimum absolute atomic E-state index is 0.0120. The number of benzene rings is 1. The van der Waals surface area contributed by atoms with Gasteiger partial charge in [-0.3, -0.25) is 0 Å². The lowest BCUT2D eigenvalue weighted by Crippen LogP contribution is -2.28. The van der Waals surface area contributed by atoms with Gasteiger partial charge in [-0.2, -0.15) is 0 Å². The van der Waals surface area contributed by atoms with Crippen LogP contribution < -0.4 is 10.5 Å². The quantitative estimate of drug-likeness (QED) is 0.426. The molecule has 0 unspecified atom stereocenters. The molecule has 0 saturated carbocycles. The summed E-state index contributed by atoms with van der Waals surface area (Å²) in [6, 6.07) is 3.96. The first-order valence-corrected chi connectivity index (χ1v) is 7.88. The fourth-order valence-electron chi connectivity index (χ4n) is 1.72. The molecule has 8 heteroatoms. The van der Waals surface area contributed by atoms with Crippen molar-refractivity contribution in [2.24, 2.45) is 0 Å². The molecule has 0 atom stereocenters. The highest BCUT2D eigenvalue weighted by Gasteiger charge is 2.18. The lowest BCUT2D eigenvalue weighted by atomic mass is 10.2. The van der Waals surface area contributed by atoms with E-state index < -0.39 is 16.0 Å². The standard InChI is InChI=1S/C13H21N3O4S/c1-16(2)8-4-7-15-21(18,19)12-6-5-10(9-11(12)14)13(17)20-3/h5-6,9,15H,4,7-8,14H2,1-3H3. The molecule has 0 amide bonds. The number of rotatable bonds is 7. The summed E-state index contributed by atoms with van der Waals surface area (Å²) in [5.41, 5.74) is 5.94. The Balaban J connectivity index is 2.81. The first-order chi connectivity index (χ1) is 9.77. The molecule has 1 aromatic carbocycles. The maximum atomic E-state index is 12.1. The summed E-state index contributed by atoms with van der Waals surface area (Å²) in [5, 5.41) is 0. The molecule has 118 valence electrons. The van der Waals surface area contributed by atoms with Crippen LogP contribution in [0.5, 0.6) is 0 Å². The van der Waals surface area contributed by atoms with Crippen LogP contribution in [0.2, 0.25) is 0 Å². The summed E-state index contributed by atoms with van der Waals surface area (Å²) >= 11 is 0. The third-order valence-electron chi connectivity index (χ3n) is 2.79. The fourth-order valence-corrected chi connectivity index (χ4v) is 2.90. The Labute approximate surface area is 125 Å². The molecule has 7 nitrogen and oxygen atoms in total. The van der Waals surface area contributed by atoms with Crippen LogP contribution in [-0.2, 0) is 14.8 Å². The molecule has 0 bridgehead atoms. The van der Waals surface area contributed by atoms with E-state index in [2.05, 4.69) is 9.46 Å². The predicted molar refractivity (Wildman–Crippen MR) is 80.6 cm³/mol. The fraction of sp³-hybridized carbons (Fsp3) is 0.462. The molecule has 1 aromatic rings. The number of carbonyl (C=O) groups is 1. The number of nitrogens with one attached hydrogen (secondary N) is 1. The van der Waals surface area contributed by atoms with Gasteiger partial charge in [0.05, 0.1) is 18.4 Å². The second kappa shape index (κ2) is 7.39. The SMILES string of the molecule is COC(=O)c1ccc(S(=O)(=O)NCCCN(C)C)c(N)c1. The summed E-state index contributed by atoms with van der Waals surface area (Å²) in [7, 11) is 1.39. The van der Waals surface area contributed by atoms with Crippen molar-refractivity contribution in [2.75, 3.05) is 40.0 Å². The van der Waals surface area contributed by atoms with E-state index in [0.717, 1.165) is 6.54 Å². The van der Waals surface area contributed by atoms with E-state index >= 15 is 0 Å². The van der Waals surface area contributed by atoms with Crippen LogP contribution in [-0.4, -0.2) is 53.6 Å². The van der Waals surface area contributed by atoms with Crippen LogP contribution in [0.15, 0.2) is 23.1 Å². The minimum Gasteiger partial charge on any atom is -0.465 e. The summed E-state index contributed by atoms with van der Waals surface area (Å²) in [6.07, 6.45) is 0.687. The third kappa shape index (κ3) is 5.00. The first kappa shape index (κ1) is 17.4. The topological polar surface area (TPSA) is 102 Å². The molecule has 0 fully saturated rings. The molecule has 0 spiro atoms. The Hall–Kier alpha value is -1.64. The number of nitrogen functional groups attached to an aromatic ring is 1. The highest BCUT2D eigenvalue weighted by atomic mass is 32.2. The number of ether oxygens (including phenoxy) is 1. The van der Waals surface area contributed by atoms with Gasteiger partial charge in [0.15, 0.2) is 0 Å². The van der Waals surface area contributed by atoms with Crippen molar-refractivity contribution in [3.8, 4) is 0 Å². The van der Waals surface area contributed by atoms with Crippen LogP contribution in [0.3, 0.4) is 0 Å². The number of nitrogens with two attached hydrogens (primary N) is 1. The van der Waals surface area contributed by atoms with Gasteiger partial charge in [-0.25, -0.2) is 17.9 Å². The predicted octanol–water partition coefficient (Wildman–Crippen LogP) is 0.285. The zero-order valence-corrected chi connectivity index (χ0v) is 13.2. The zero-order chi connectivity index (χ0) is 16.0. The van der Waals surface area contributed by atoms with E-state index in [0.29, 0.717) is 13.0 Å². The van der Waals surface area contributed by atoms with Gasteiger partial charge in [0, 0.05) is 6.54 Å². The van der Waals surface area contributed by atoms with Gasteiger partial charge in [0.25, 0.3) is 0 Å². The van der Waals surface area contributed by atoms with E-state index in [-0.39, 0.29) is 16.1 Å². The molecule has 0 saturated heterocycles. The maximum Gasteiger partial charge on any atom is 0.337 e. The molecule has 0 aliphatic heterocycles. The minimum atomic E-state index is -3.68. The summed E-state index contributed by atoms with van der Waals surface area (Å²) in [5.74, 6) is -0.565. The second-order valence-electron chi connectivity index (χ2n) is 4.80. The van der Waals surface area contributed by atoms with Gasteiger partial charge in [-0.1, -0.05) is 0 Å². The molecule has 1 rings (SSSR count). The number of nitrogens with zero attached hydrogens (tertiary/aromatic N) is 1. The Kier molecular flexibility index (Phi) is 6.13. The lowest BCUT2D eigenvalue weighted by Gasteiger charge is -2.12. The monoisotopic (exact) mass is 315 g/mol. The molecule has 0 heterocycles. The lowest BCUT2D eigenvalue weighted by molar-refractivity contribution is 0.0600. The maximum absolute atomic E-state index is 12.1. The van der Waals surface area contributed by atoms with Crippen molar-refractivity contribution in [2.45, 2.75) is 11.3 Å². The molecule has 0 aliphatic carbocycles. The van der Waals surface area contributed by atoms with Crippen molar-refractivity contribution < 1.29 is 17.9 Å². The van der Waals surface area contributed by atoms with Crippen LogP contribution in [0, 0.1) is 0 Å². The van der Waals surface area contributed by atoms with Crippen molar-refractivity contribution in [3.63, 3.8) is 0 Å². The van der Waals surface area contributed by atoms with Crippen LogP contribution in [0.1, 0.15) is 16.8 Å². The van der Waals surface area contributed by atoms with E-state index in [1.807, 2.05) is 19.0 Å². The summed E-state index contributed by atoms with van der Waals surface area (Å²) < 4.78 is 31.3. The number of carbonyl (C=O) groups excluding carboxylic acids is 1. The number of sulfonamides is 1. The number of anilines is 1. The van der Waals surface area contributed by atoms with Crippen molar-refractivity contribution in [3.05, 3.63) is 23.8 Å². The van der Waals surface area contributed by atoms with Gasteiger partial charge in [-0.15, -0.1) is 0 Å². The van der Waals surface area contributed by atoms with E-state index in [9.17, 15) is 13.2 Å². The van der Waals surface area contributed by atoms with Crippen molar-refractivity contribution >= 4 is 21.7 Å². The summed E-state index contributed by atoms with van der Waals surface area (Å²) in [6.45, 7) is 1.10. The normalized spacial score (nSPS) is 11.6. The average molecular weight is 315 g/mol. The zero-order valence-electron chi connectivity index (χ0n) is 12.4. The highest BCUT2D eigenvalue weighted by molar-refractivity contribution is 7.89. The molecular formula is C13H21N3O4S. The number of hydrogen-bond donors (Lipinski definition) is 2. The number of esters is 1. The van der Waals surface area contributed by atoms with Gasteiger partial charge in [-0.05, 0) is 45.3 Å². The second-order valence-corrected chi connectivity index (χ2v) is 6.53. The largest absolute Gasteiger partial charge is 0.465 e. The van der Waals surface area contributed by atoms with Gasteiger partial charge >= 0.3 is 5.97 Å². The van der Waals surface area contributed by atoms with Gasteiger partial charge in [0.1, 0.15) is 4.90 Å². The molecular weight excluding hydrogens is 294 g/mol. The smallest absolute Gasteiger partial charge is 0.337 e. The molecule has 3 N–H and O–H groups in total. The third-order valence-corrected chi connectivity index (χ3v) is 4.33. The van der Waals surface area contributed by atoms with Crippen LogP contribution >= 0.6 is 0 Å². The van der Waals surface area contributed by atoms with E-state index in [4.69, 9.17) is 5.73 Å². The Morgan fingerprint density at radius 1 is 1.38 bits per heavy atom. The van der Waals surface area contributed by atoms with Crippen LogP contribution in [0.4, 0.5) is 5.69 Å². The molecule has 0 aliphatic rings. The first-order valence-electron chi connectivity index (χ1n) is 6.40. The highest BCUT2D eigenvalue weighted by Crippen LogP contribution is 2.20. The van der Waals surface area contributed by atoms with Gasteiger partial charge in [0.2, 0.25) is 10.0 Å². The molecule has 21 heavy (non-hydrogen) atoms. The Bertz CT molecular complexity index is 599. The number of hydrogen-bond acceptors (Lipinski definition) is 6. The number of methoxy groups -OCH3 is 1. The Morgan fingerprint density at radius 2 is 2.05 bits per heavy atom. The summed E-state index contributed by atoms with van der Waals surface area (Å²) in [4.78, 5) is 13.3. The van der Waals surface area contributed by atoms with E-state index in [1.165, 1.54) is 25.3 Å². The average Bonchev–Trinajstić information content (AvgIpc) is 2.42. The van der Waals surface area contributed by atoms with Gasteiger partial charge < -0.3 is 15.4 Å². The molecule has 0 aromatic heterocycles. The Morgan fingerprint density at radius 3 is 2.57 bits per heavy atom. The van der Waals surface area contributed by atoms with Crippen molar-refractivity contribution in [1.29, 1.82) is 0 Å². The van der Waals surface area contributed by atoms with Crippen LogP contribution in [0.25, 0.3) is 0 Å².